The lowest BCUT2D eigenvalue weighted by molar-refractivity contribution is -0.192. The molecular weight excluding hydrogens is 267 g/mol. The summed E-state index contributed by atoms with van der Waals surface area (Å²) in [5, 5.41) is 7.12. The molecule has 0 saturated heterocycles. The van der Waals surface area contributed by atoms with E-state index in [1.54, 1.807) is 24.3 Å². The van der Waals surface area contributed by atoms with Crippen LogP contribution in [0, 0.1) is 0 Å². The number of ketones is 2. The SMILES string of the molecule is O=C(O)C(F)(F)F.O=C1C=Nc2ccccc2C1=O. The summed E-state index contributed by atoms with van der Waals surface area (Å²) >= 11 is 0. The van der Waals surface area contributed by atoms with E-state index in [1.807, 2.05) is 0 Å². The molecular formula is C11H6F3NO4. The number of fused-ring (bicyclic) bond motifs is 1. The first-order valence-electron chi connectivity index (χ1n) is 4.75. The molecule has 0 spiro atoms. The van der Waals surface area contributed by atoms with Gasteiger partial charge in [-0.15, -0.1) is 0 Å². The molecule has 1 aromatic carbocycles. The van der Waals surface area contributed by atoms with Crippen molar-refractivity contribution in [3.05, 3.63) is 29.8 Å². The summed E-state index contributed by atoms with van der Waals surface area (Å²) in [6.07, 6.45) is -4.02. The summed E-state index contributed by atoms with van der Waals surface area (Å²) < 4.78 is 31.7. The van der Waals surface area contributed by atoms with Crippen molar-refractivity contribution in [1.29, 1.82) is 0 Å². The third kappa shape index (κ3) is 3.73. The number of carbonyl (C=O) groups excluding carboxylic acids is 2. The zero-order valence-corrected chi connectivity index (χ0v) is 9.14. The van der Waals surface area contributed by atoms with Gasteiger partial charge in [-0.25, -0.2) is 4.79 Å². The molecule has 100 valence electrons. The Hall–Kier alpha value is -2.51. The Kier molecular flexibility index (Phi) is 4.15. The fourth-order valence-corrected chi connectivity index (χ4v) is 1.10. The molecule has 8 heteroatoms. The predicted molar refractivity (Wildman–Crippen MR) is 57.6 cm³/mol. The first-order chi connectivity index (χ1) is 8.73. The highest BCUT2D eigenvalue weighted by Gasteiger charge is 2.38. The van der Waals surface area contributed by atoms with Crippen LogP contribution in [0.15, 0.2) is 29.3 Å². The van der Waals surface area contributed by atoms with Crippen LogP contribution in [0.1, 0.15) is 10.4 Å². The highest BCUT2D eigenvalue weighted by Crippen LogP contribution is 2.21. The van der Waals surface area contributed by atoms with E-state index in [2.05, 4.69) is 4.99 Å². The number of alkyl halides is 3. The second-order valence-electron chi connectivity index (χ2n) is 3.27. The molecule has 1 aliphatic rings. The van der Waals surface area contributed by atoms with Gasteiger partial charge in [0.15, 0.2) is 0 Å². The number of hydrogen-bond acceptors (Lipinski definition) is 4. The van der Waals surface area contributed by atoms with Gasteiger partial charge in [-0.05, 0) is 12.1 Å². The summed E-state index contributed by atoms with van der Waals surface area (Å²) in [5.41, 5.74) is 0.965. The van der Waals surface area contributed by atoms with Gasteiger partial charge in [0.2, 0.25) is 11.6 Å². The molecule has 0 aliphatic carbocycles. The topological polar surface area (TPSA) is 83.8 Å². The number of carbonyl (C=O) groups is 3. The number of halogens is 3. The molecule has 2 rings (SSSR count). The Morgan fingerprint density at radius 2 is 1.68 bits per heavy atom. The second-order valence-corrected chi connectivity index (χ2v) is 3.27. The molecule has 5 nitrogen and oxygen atoms in total. The maximum atomic E-state index is 11.2. The van der Waals surface area contributed by atoms with Gasteiger partial charge in [-0.1, -0.05) is 12.1 Å². The van der Waals surface area contributed by atoms with Crippen LogP contribution in [0.2, 0.25) is 0 Å². The summed E-state index contributed by atoms with van der Waals surface area (Å²) in [5.74, 6) is -3.78. The van der Waals surface area contributed by atoms with Gasteiger partial charge in [0.05, 0.1) is 17.5 Å². The molecule has 1 N–H and O–H groups in total. The standard InChI is InChI=1S/C9H5NO2.C2HF3O2/c11-8-5-10-7-4-2-1-3-6(7)9(8)12;3-2(4,5)1(6)7/h1-5H;(H,6,7). The van der Waals surface area contributed by atoms with Gasteiger partial charge in [0, 0.05) is 0 Å². The average molecular weight is 273 g/mol. The first-order valence-corrected chi connectivity index (χ1v) is 4.75. The zero-order valence-electron chi connectivity index (χ0n) is 9.14. The molecule has 0 bridgehead atoms. The fourth-order valence-electron chi connectivity index (χ4n) is 1.10. The molecule has 1 aromatic rings. The Morgan fingerprint density at radius 3 is 2.21 bits per heavy atom. The number of aliphatic imine (C=N–C) groups is 1. The lowest BCUT2D eigenvalue weighted by Crippen LogP contribution is -2.21. The maximum Gasteiger partial charge on any atom is 0.490 e. The normalized spacial score (nSPS) is 13.4. The molecule has 19 heavy (non-hydrogen) atoms. The quantitative estimate of drug-likeness (QED) is 0.730. The third-order valence-corrected chi connectivity index (χ3v) is 1.94. The van der Waals surface area contributed by atoms with E-state index in [9.17, 15) is 22.8 Å². The van der Waals surface area contributed by atoms with E-state index in [4.69, 9.17) is 9.90 Å². The van der Waals surface area contributed by atoms with Crippen LogP contribution in [-0.4, -0.2) is 35.0 Å². The minimum absolute atomic E-state index is 0.394. The summed E-state index contributed by atoms with van der Waals surface area (Å²) in [6.45, 7) is 0. The van der Waals surface area contributed by atoms with Crippen LogP contribution in [0.3, 0.4) is 0 Å². The predicted octanol–water partition coefficient (Wildman–Crippen LogP) is 1.79. The number of hydrogen-bond donors (Lipinski definition) is 1. The van der Waals surface area contributed by atoms with E-state index >= 15 is 0 Å². The molecule has 0 radical (unpaired) electrons. The van der Waals surface area contributed by atoms with Crippen molar-refractivity contribution in [3.63, 3.8) is 0 Å². The number of aliphatic carboxylic acids is 1. The number of benzene rings is 1. The molecule has 1 aliphatic heterocycles. The van der Waals surface area contributed by atoms with Crippen LogP contribution >= 0.6 is 0 Å². The van der Waals surface area contributed by atoms with Crippen molar-refractivity contribution in [2.75, 3.05) is 0 Å². The van der Waals surface area contributed by atoms with E-state index in [1.165, 1.54) is 0 Å². The van der Waals surface area contributed by atoms with E-state index < -0.39 is 23.7 Å². The zero-order chi connectivity index (χ0) is 14.6. The Bertz CT molecular complexity index is 563. The summed E-state index contributed by atoms with van der Waals surface area (Å²) in [4.78, 5) is 34.8. The van der Waals surface area contributed by atoms with Crippen LogP contribution < -0.4 is 0 Å². The summed E-state index contributed by atoms with van der Waals surface area (Å²) in [7, 11) is 0. The monoisotopic (exact) mass is 273 g/mol. The smallest absolute Gasteiger partial charge is 0.475 e. The van der Waals surface area contributed by atoms with Crippen molar-refractivity contribution in [3.8, 4) is 0 Å². The Morgan fingerprint density at radius 1 is 1.16 bits per heavy atom. The largest absolute Gasteiger partial charge is 0.490 e. The first kappa shape index (κ1) is 14.6. The van der Waals surface area contributed by atoms with Crippen LogP contribution in [0.25, 0.3) is 0 Å². The number of nitrogens with zero attached hydrogens (tertiary/aromatic N) is 1. The molecule has 0 aromatic heterocycles. The van der Waals surface area contributed by atoms with Crippen molar-refractivity contribution < 1.29 is 32.7 Å². The number of Topliss-reactive ketones (excluding diaryl/α,β-unsaturated/α-hetero) is 2. The van der Waals surface area contributed by atoms with Crippen LogP contribution in [0.4, 0.5) is 18.9 Å². The molecule has 1 heterocycles. The highest BCUT2D eigenvalue weighted by atomic mass is 19.4. The van der Waals surface area contributed by atoms with Gasteiger partial charge in [-0.2, -0.15) is 13.2 Å². The molecule has 0 fully saturated rings. The lowest BCUT2D eigenvalue weighted by atomic mass is 10.0. The number of para-hydroxylation sites is 1. The maximum absolute atomic E-state index is 11.2. The number of carboxylic acid groups (broad SMARTS) is 1. The third-order valence-electron chi connectivity index (χ3n) is 1.94. The lowest BCUT2D eigenvalue weighted by Gasteiger charge is -2.05. The van der Waals surface area contributed by atoms with E-state index in [0.29, 0.717) is 11.3 Å². The molecule has 0 unspecified atom stereocenters. The highest BCUT2D eigenvalue weighted by molar-refractivity contribution is 6.64. The van der Waals surface area contributed by atoms with Gasteiger partial charge in [0.1, 0.15) is 0 Å². The van der Waals surface area contributed by atoms with Gasteiger partial charge >= 0.3 is 12.1 Å². The van der Waals surface area contributed by atoms with Gasteiger partial charge in [0.25, 0.3) is 0 Å². The average Bonchev–Trinajstić information content (AvgIpc) is 2.34. The minimum atomic E-state index is -5.08. The van der Waals surface area contributed by atoms with Crippen molar-refractivity contribution in [2.45, 2.75) is 6.18 Å². The van der Waals surface area contributed by atoms with E-state index in [0.717, 1.165) is 6.21 Å². The number of carboxylic acids is 1. The molecule has 0 amide bonds. The number of rotatable bonds is 0. The minimum Gasteiger partial charge on any atom is -0.475 e. The van der Waals surface area contributed by atoms with Crippen molar-refractivity contribution in [1.82, 2.24) is 0 Å². The van der Waals surface area contributed by atoms with Crippen molar-refractivity contribution in [2.24, 2.45) is 4.99 Å². The van der Waals surface area contributed by atoms with Crippen LogP contribution in [0.5, 0.6) is 0 Å². The van der Waals surface area contributed by atoms with Crippen LogP contribution in [-0.2, 0) is 9.59 Å². The Labute approximate surface area is 104 Å². The van der Waals surface area contributed by atoms with E-state index in [-0.39, 0.29) is 0 Å². The van der Waals surface area contributed by atoms with Crippen molar-refractivity contribution >= 4 is 29.4 Å². The second kappa shape index (κ2) is 5.42. The van der Waals surface area contributed by atoms with Gasteiger partial charge < -0.3 is 5.11 Å². The molecule has 0 saturated carbocycles. The van der Waals surface area contributed by atoms with Gasteiger partial charge in [-0.3, -0.25) is 14.6 Å². The summed E-state index contributed by atoms with van der Waals surface area (Å²) in [6, 6.07) is 6.80. The fraction of sp³-hybridized carbons (Fsp3) is 0.0909. The Balaban J connectivity index is 0.000000224. The molecule has 0 atom stereocenters.